The highest BCUT2D eigenvalue weighted by Gasteiger charge is 2.00. The molecular weight excluding hydrogens is 233 g/mol. The maximum atomic E-state index is 5.74. The van der Waals surface area contributed by atoms with Crippen LogP contribution in [0.1, 0.15) is 0 Å². The van der Waals surface area contributed by atoms with Crippen molar-refractivity contribution in [3.05, 3.63) is 46.8 Å². The first-order chi connectivity index (χ1) is 7.24. The van der Waals surface area contributed by atoms with Crippen LogP contribution in [0.5, 0.6) is 0 Å². The van der Waals surface area contributed by atoms with Crippen molar-refractivity contribution in [2.75, 3.05) is 5.32 Å². The van der Waals surface area contributed by atoms with E-state index in [4.69, 9.17) is 23.2 Å². The first-order valence-electron chi connectivity index (χ1n) is 4.26. The zero-order chi connectivity index (χ0) is 10.7. The topological polar surface area (TPSA) is 37.8 Å². The van der Waals surface area contributed by atoms with Crippen LogP contribution in [0.2, 0.25) is 10.4 Å². The first-order valence-corrected chi connectivity index (χ1v) is 5.02. The van der Waals surface area contributed by atoms with Gasteiger partial charge in [0.2, 0.25) is 5.28 Å². The minimum Gasteiger partial charge on any atom is -0.340 e. The Kier molecular flexibility index (Phi) is 3.04. The van der Waals surface area contributed by atoms with Crippen LogP contribution in [0.4, 0.5) is 11.5 Å². The van der Waals surface area contributed by atoms with E-state index in [1.54, 1.807) is 6.07 Å². The summed E-state index contributed by atoms with van der Waals surface area (Å²) >= 11 is 11.4. The molecule has 1 aromatic heterocycles. The summed E-state index contributed by atoms with van der Waals surface area (Å²) in [5.74, 6) is 0.575. The van der Waals surface area contributed by atoms with Crippen molar-refractivity contribution in [2.45, 2.75) is 0 Å². The Hall–Kier alpha value is -1.32. The summed E-state index contributed by atoms with van der Waals surface area (Å²) in [6.45, 7) is 0. The maximum Gasteiger partial charge on any atom is 0.225 e. The van der Waals surface area contributed by atoms with E-state index in [0.29, 0.717) is 11.0 Å². The molecule has 0 unspecified atom stereocenters. The predicted octanol–water partition coefficient (Wildman–Crippen LogP) is 3.53. The van der Waals surface area contributed by atoms with E-state index < -0.39 is 0 Å². The summed E-state index contributed by atoms with van der Waals surface area (Å²) in [6, 6.07) is 11.2. The van der Waals surface area contributed by atoms with E-state index in [-0.39, 0.29) is 5.28 Å². The Morgan fingerprint density at radius 3 is 2.40 bits per heavy atom. The molecule has 0 aliphatic heterocycles. The van der Waals surface area contributed by atoms with E-state index >= 15 is 0 Å². The summed E-state index contributed by atoms with van der Waals surface area (Å²) < 4.78 is 0. The normalized spacial score (nSPS) is 10.0. The molecule has 1 N–H and O–H groups in total. The third-order valence-electron chi connectivity index (χ3n) is 1.71. The highest BCUT2D eigenvalue weighted by atomic mass is 35.5. The standard InChI is InChI=1S/C10H7Cl2N3/c11-8-6-9(15-10(12)14-8)13-7-4-2-1-3-5-7/h1-6H,(H,13,14,15). The van der Waals surface area contributed by atoms with Crippen LogP contribution in [-0.4, -0.2) is 9.97 Å². The molecule has 0 fully saturated rings. The summed E-state index contributed by atoms with van der Waals surface area (Å²) in [7, 11) is 0. The summed E-state index contributed by atoms with van der Waals surface area (Å²) in [4.78, 5) is 7.74. The Balaban J connectivity index is 2.25. The molecule has 0 aliphatic carbocycles. The molecule has 76 valence electrons. The summed E-state index contributed by atoms with van der Waals surface area (Å²) in [5.41, 5.74) is 0.920. The number of rotatable bonds is 2. The molecule has 5 heteroatoms. The van der Waals surface area contributed by atoms with Gasteiger partial charge in [-0.1, -0.05) is 29.8 Å². The van der Waals surface area contributed by atoms with Crippen molar-refractivity contribution in [3.8, 4) is 0 Å². The fourth-order valence-electron chi connectivity index (χ4n) is 1.12. The number of para-hydroxylation sites is 1. The van der Waals surface area contributed by atoms with E-state index in [1.807, 2.05) is 30.3 Å². The lowest BCUT2D eigenvalue weighted by atomic mass is 10.3. The molecule has 0 spiro atoms. The fraction of sp³-hybridized carbons (Fsp3) is 0. The van der Waals surface area contributed by atoms with Crippen LogP contribution in [0.15, 0.2) is 36.4 Å². The minimum atomic E-state index is 0.126. The number of anilines is 2. The molecule has 0 amide bonds. The number of halogens is 2. The van der Waals surface area contributed by atoms with Crippen molar-refractivity contribution in [3.63, 3.8) is 0 Å². The molecule has 15 heavy (non-hydrogen) atoms. The number of hydrogen-bond donors (Lipinski definition) is 1. The van der Waals surface area contributed by atoms with Crippen LogP contribution < -0.4 is 5.32 Å². The highest BCUT2D eigenvalue weighted by molar-refractivity contribution is 6.32. The predicted molar refractivity (Wildman–Crippen MR) is 61.8 cm³/mol. The van der Waals surface area contributed by atoms with E-state index in [2.05, 4.69) is 15.3 Å². The van der Waals surface area contributed by atoms with E-state index in [9.17, 15) is 0 Å². The monoisotopic (exact) mass is 239 g/mol. The molecule has 0 atom stereocenters. The lowest BCUT2D eigenvalue weighted by molar-refractivity contribution is 1.17. The van der Waals surface area contributed by atoms with Crippen molar-refractivity contribution in [2.24, 2.45) is 0 Å². The zero-order valence-corrected chi connectivity index (χ0v) is 9.13. The number of hydrogen-bond acceptors (Lipinski definition) is 3. The quantitative estimate of drug-likeness (QED) is 0.644. The van der Waals surface area contributed by atoms with Gasteiger partial charge in [0.05, 0.1) is 0 Å². The average molecular weight is 240 g/mol. The summed E-state index contributed by atoms with van der Waals surface area (Å²) in [5, 5.41) is 3.50. The van der Waals surface area contributed by atoms with Gasteiger partial charge in [-0.25, -0.2) is 9.97 Å². The van der Waals surface area contributed by atoms with Gasteiger partial charge >= 0.3 is 0 Å². The van der Waals surface area contributed by atoms with E-state index in [0.717, 1.165) is 5.69 Å². The van der Waals surface area contributed by atoms with Gasteiger partial charge in [0.15, 0.2) is 0 Å². The van der Waals surface area contributed by atoms with Crippen molar-refractivity contribution >= 4 is 34.7 Å². The number of nitrogens with one attached hydrogen (secondary N) is 1. The van der Waals surface area contributed by atoms with Crippen LogP contribution in [0.3, 0.4) is 0 Å². The SMILES string of the molecule is Clc1cc(Nc2ccccc2)nc(Cl)n1. The molecule has 3 nitrogen and oxygen atoms in total. The van der Waals surface area contributed by atoms with Crippen molar-refractivity contribution < 1.29 is 0 Å². The van der Waals surface area contributed by atoms with Gasteiger partial charge in [-0.3, -0.25) is 0 Å². The van der Waals surface area contributed by atoms with E-state index in [1.165, 1.54) is 0 Å². The maximum absolute atomic E-state index is 5.74. The zero-order valence-electron chi connectivity index (χ0n) is 7.61. The number of nitrogens with zero attached hydrogens (tertiary/aromatic N) is 2. The average Bonchev–Trinajstić information content (AvgIpc) is 2.17. The van der Waals surface area contributed by atoms with Gasteiger partial charge in [0.1, 0.15) is 11.0 Å². The molecule has 0 aliphatic rings. The Morgan fingerprint density at radius 1 is 1.00 bits per heavy atom. The molecule has 0 saturated heterocycles. The van der Waals surface area contributed by atoms with Crippen LogP contribution in [0, 0.1) is 0 Å². The van der Waals surface area contributed by atoms with Crippen LogP contribution >= 0.6 is 23.2 Å². The third-order valence-corrected chi connectivity index (χ3v) is 2.08. The lowest BCUT2D eigenvalue weighted by Gasteiger charge is -2.05. The molecular formula is C10H7Cl2N3. The molecule has 0 saturated carbocycles. The smallest absolute Gasteiger partial charge is 0.225 e. The Bertz CT molecular complexity index is 439. The molecule has 2 rings (SSSR count). The second kappa shape index (κ2) is 4.47. The molecule has 1 heterocycles. The van der Waals surface area contributed by atoms with Gasteiger partial charge in [-0.15, -0.1) is 0 Å². The summed E-state index contributed by atoms with van der Waals surface area (Å²) in [6.07, 6.45) is 0. The van der Waals surface area contributed by atoms with Gasteiger partial charge in [0, 0.05) is 11.8 Å². The fourth-order valence-corrected chi connectivity index (χ4v) is 1.53. The third kappa shape index (κ3) is 2.81. The molecule has 0 bridgehead atoms. The highest BCUT2D eigenvalue weighted by Crippen LogP contribution is 2.18. The number of benzene rings is 1. The Labute approximate surface area is 97.1 Å². The van der Waals surface area contributed by atoms with Gasteiger partial charge in [0.25, 0.3) is 0 Å². The molecule has 1 aromatic carbocycles. The van der Waals surface area contributed by atoms with Crippen molar-refractivity contribution in [1.82, 2.24) is 9.97 Å². The molecule has 2 aromatic rings. The Morgan fingerprint density at radius 2 is 1.73 bits per heavy atom. The van der Waals surface area contributed by atoms with Gasteiger partial charge < -0.3 is 5.32 Å². The van der Waals surface area contributed by atoms with Gasteiger partial charge in [-0.2, -0.15) is 0 Å². The van der Waals surface area contributed by atoms with Crippen LogP contribution in [0.25, 0.3) is 0 Å². The van der Waals surface area contributed by atoms with Crippen molar-refractivity contribution in [1.29, 1.82) is 0 Å². The second-order valence-corrected chi connectivity index (χ2v) is 3.56. The lowest BCUT2D eigenvalue weighted by Crippen LogP contribution is -1.94. The molecule has 0 radical (unpaired) electrons. The van der Waals surface area contributed by atoms with Gasteiger partial charge in [-0.05, 0) is 23.7 Å². The first kappa shape index (κ1) is 10.2. The second-order valence-electron chi connectivity index (χ2n) is 2.84. The minimum absolute atomic E-state index is 0.126. The largest absolute Gasteiger partial charge is 0.340 e. The van der Waals surface area contributed by atoms with Crippen LogP contribution in [-0.2, 0) is 0 Å². The number of aromatic nitrogens is 2.